The fourth-order valence-corrected chi connectivity index (χ4v) is 1.85. The molecule has 0 spiro atoms. The summed E-state index contributed by atoms with van der Waals surface area (Å²) >= 11 is 5.62. The first kappa shape index (κ1) is 13.6. The third-order valence-corrected chi connectivity index (χ3v) is 2.76. The van der Waals surface area contributed by atoms with E-state index in [1.807, 2.05) is 0 Å². The fraction of sp³-hybridized carbons (Fsp3) is 0.0833. The van der Waals surface area contributed by atoms with Crippen LogP contribution in [0.4, 0.5) is 17.6 Å². The Morgan fingerprint density at radius 1 is 1.21 bits per heavy atom. The highest BCUT2D eigenvalue weighted by atomic mass is 35.5. The van der Waals surface area contributed by atoms with E-state index in [0.717, 1.165) is 6.07 Å². The van der Waals surface area contributed by atoms with Gasteiger partial charge in [0.2, 0.25) is 0 Å². The van der Waals surface area contributed by atoms with Crippen LogP contribution in [-0.4, -0.2) is 6.29 Å². The van der Waals surface area contributed by atoms with Gasteiger partial charge in [0.1, 0.15) is 11.6 Å². The number of halogens is 5. The minimum Gasteiger partial charge on any atom is -0.453 e. The minimum atomic E-state index is -4.78. The number of carbonyl (C=O) groups excluding carboxylic acids is 1. The SMILES string of the molecule is O=Cc1ccc(-c2cc(F)cc(C(F)(F)F)c2Cl)o1. The first-order valence-corrected chi connectivity index (χ1v) is 5.32. The number of aldehydes is 1. The maximum absolute atomic E-state index is 13.2. The van der Waals surface area contributed by atoms with Gasteiger partial charge in [0, 0.05) is 5.56 Å². The summed E-state index contributed by atoms with van der Waals surface area (Å²) in [4.78, 5) is 10.4. The van der Waals surface area contributed by atoms with Crippen LogP contribution in [0.2, 0.25) is 5.02 Å². The van der Waals surface area contributed by atoms with Crippen molar-refractivity contribution in [1.82, 2.24) is 0 Å². The molecule has 1 aromatic heterocycles. The molecule has 2 aromatic rings. The van der Waals surface area contributed by atoms with Gasteiger partial charge >= 0.3 is 6.18 Å². The zero-order valence-corrected chi connectivity index (χ0v) is 9.85. The number of benzene rings is 1. The highest BCUT2D eigenvalue weighted by Crippen LogP contribution is 2.40. The van der Waals surface area contributed by atoms with Gasteiger partial charge in [-0.15, -0.1) is 0 Å². The number of hydrogen-bond donors (Lipinski definition) is 0. The zero-order chi connectivity index (χ0) is 14.2. The Morgan fingerprint density at radius 3 is 2.42 bits per heavy atom. The predicted molar refractivity (Wildman–Crippen MR) is 59.5 cm³/mol. The molecule has 0 atom stereocenters. The summed E-state index contributed by atoms with van der Waals surface area (Å²) in [6.45, 7) is 0. The number of alkyl halides is 3. The Hall–Kier alpha value is -1.82. The molecule has 0 aliphatic rings. The van der Waals surface area contributed by atoms with Crippen molar-refractivity contribution in [2.75, 3.05) is 0 Å². The van der Waals surface area contributed by atoms with Gasteiger partial charge in [-0.25, -0.2) is 4.39 Å². The molecule has 1 heterocycles. The van der Waals surface area contributed by atoms with Crippen LogP contribution in [0.15, 0.2) is 28.7 Å². The molecule has 0 fully saturated rings. The Bertz CT molecular complexity index is 631. The lowest BCUT2D eigenvalue weighted by Gasteiger charge is -2.11. The Kier molecular flexibility index (Phi) is 3.36. The molecule has 0 amide bonds. The van der Waals surface area contributed by atoms with Crippen molar-refractivity contribution < 1.29 is 26.8 Å². The van der Waals surface area contributed by atoms with Gasteiger partial charge < -0.3 is 4.42 Å². The summed E-state index contributed by atoms with van der Waals surface area (Å²) in [5, 5.41) is -0.680. The van der Waals surface area contributed by atoms with E-state index < -0.39 is 22.6 Å². The van der Waals surface area contributed by atoms with Gasteiger partial charge in [0.25, 0.3) is 0 Å². The Labute approximate surface area is 109 Å². The van der Waals surface area contributed by atoms with Crippen LogP contribution in [-0.2, 0) is 6.18 Å². The average Bonchev–Trinajstić information content (AvgIpc) is 2.78. The second-order valence-corrected chi connectivity index (χ2v) is 4.01. The normalized spacial score (nSPS) is 11.6. The Balaban J connectivity index is 2.64. The molecule has 0 unspecified atom stereocenters. The van der Waals surface area contributed by atoms with Crippen LogP contribution >= 0.6 is 11.6 Å². The van der Waals surface area contributed by atoms with Gasteiger partial charge in [0.05, 0.1) is 10.6 Å². The lowest BCUT2D eigenvalue weighted by atomic mass is 10.1. The quantitative estimate of drug-likeness (QED) is 0.599. The molecule has 100 valence electrons. The van der Waals surface area contributed by atoms with Crippen molar-refractivity contribution in [1.29, 1.82) is 0 Å². The van der Waals surface area contributed by atoms with Crippen molar-refractivity contribution in [3.63, 3.8) is 0 Å². The molecule has 0 radical (unpaired) electrons. The summed E-state index contributed by atoms with van der Waals surface area (Å²) in [5.74, 6) is -1.31. The van der Waals surface area contributed by atoms with Crippen molar-refractivity contribution in [2.45, 2.75) is 6.18 Å². The second kappa shape index (κ2) is 4.70. The van der Waals surface area contributed by atoms with E-state index >= 15 is 0 Å². The number of rotatable bonds is 2. The van der Waals surface area contributed by atoms with E-state index in [0.29, 0.717) is 12.4 Å². The molecule has 7 heteroatoms. The molecule has 1 aromatic carbocycles. The largest absolute Gasteiger partial charge is 0.453 e. The average molecular weight is 293 g/mol. The molecular formula is C12H5ClF4O2. The first-order chi connectivity index (χ1) is 8.82. The lowest BCUT2D eigenvalue weighted by molar-refractivity contribution is -0.137. The molecule has 0 bridgehead atoms. The van der Waals surface area contributed by atoms with E-state index in [9.17, 15) is 22.4 Å². The molecule has 2 rings (SSSR count). The number of carbonyl (C=O) groups is 1. The van der Waals surface area contributed by atoms with E-state index in [1.54, 1.807) is 0 Å². The summed E-state index contributed by atoms with van der Waals surface area (Å²) < 4.78 is 56.2. The molecule has 0 aliphatic carbocycles. The van der Waals surface area contributed by atoms with Crippen molar-refractivity contribution in [3.05, 3.63) is 46.4 Å². The van der Waals surface area contributed by atoms with Gasteiger partial charge in [-0.3, -0.25) is 4.79 Å². The van der Waals surface area contributed by atoms with E-state index in [2.05, 4.69) is 0 Å². The number of furan rings is 1. The summed E-state index contributed by atoms with van der Waals surface area (Å²) in [6, 6.07) is 3.60. The third-order valence-electron chi connectivity index (χ3n) is 2.35. The van der Waals surface area contributed by atoms with Crippen LogP contribution in [0.25, 0.3) is 11.3 Å². The van der Waals surface area contributed by atoms with Gasteiger partial charge in [0.15, 0.2) is 12.0 Å². The standard InChI is InChI=1S/C12H5ClF4O2/c13-11-8(10-2-1-7(5-18)19-10)3-6(14)4-9(11)12(15,16)17/h1-5H. The first-order valence-electron chi connectivity index (χ1n) is 4.94. The molecule has 0 saturated carbocycles. The monoisotopic (exact) mass is 292 g/mol. The predicted octanol–water partition coefficient (Wildman–Crippen LogP) is 4.57. The van der Waals surface area contributed by atoms with Gasteiger partial charge in [-0.1, -0.05) is 11.6 Å². The van der Waals surface area contributed by atoms with Crippen LogP contribution in [0.3, 0.4) is 0 Å². The summed E-state index contributed by atoms with van der Waals surface area (Å²) in [7, 11) is 0. The third kappa shape index (κ3) is 2.63. The molecule has 0 N–H and O–H groups in total. The maximum atomic E-state index is 13.2. The molecule has 0 aliphatic heterocycles. The van der Waals surface area contributed by atoms with E-state index in [-0.39, 0.29) is 17.1 Å². The smallest absolute Gasteiger partial charge is 0.417 e. The topological polar surface area (TPSA) is 30.2 Å². The zero-order valence-electron chi connectivity index (χ0n) is 9.09. The Morgan fingerprint density at radius 2 is 1.89 bits per heavy atom. The molecular weight excluding hydrogens is 288 g/mol. The van der Waals surface area contributed by atoms with E-state index in [4.69, 9.17) is 16.0 Å². The highest BCUT2D eigenvalue weighted by molar-refractivity contribution is 6.34. The van der Waals surface area contributed by atoms with Gasteiger partial charge in [-0.2, -0.15) is 13.2 Å². The molecule has 19 heavy (non-hydrogen) atoms. The molecule has 0 saturated heterocycles. The van der Waals surface area contributed by atoms with Crippen LogP contribution in [0.1, 0.15) is 16.1 Å². The van der Waals surface area contributed by atoms with Crippen molar-refractivity contribution in [3.8, 4) is 11.3 Å². The summed E-state index contributed by atoms with van der Waals surface area (Å²) in [5.41, 5.74) is -1.56. The number of hydrogen-bond acceptors (Lipinski definition) is 2. The van der Waals surface area contributed by atoms with Crippen molar-refractivity contribution in [2.24, 2.45) is 0 Å². The van der Waals surface area contributed by atoms with E-state index in [1.165, 1.54) is 12.1 Å². The van der Waals surface area contributed by atoms with Crippen LogP contribution < -0.4 is 0 Å². The second-order valence-electron chi connectivity index (χ2n) is 3.63. The highest BCUT2D eigenvalue weighted by Gasteiger charge is 2.35. The van der Waals surface area contributed by atoms with Crippen LogP contribution in [0.5, 0.6) is 0 Å². The van der Waals surface area contributed by atoms with Gasteiger partial charge in [-0.05, 0) is 24.3 Å². The fourth-order valence-electron chi connectivity index (χ4n) is 1.54. The van der Waals surface area contributed by atoms with Crippen molar-refractivity contribution >= 4 is 17.9 Å². The summed E-state index contributed by atoms with van der Waals surface area (Å²) in [6.07, 6.45) is -4.41. The maximum Gasteiger partial charge on any atom is 0.417 e. The van der Waals surface area contributed by atoms with Crippen LogP contribution in [0, 0.1) is 5.82 Å². The lowest BCUT2D eigenvalue weighted by Crippen LogP contribution is -2.07. The minimum absolute atomic E-state index is 0.0936. The molecule has 2 nitrogen and oxygen atoms in total.